The van der Waals surface area contributed by atoms with Crippen molar-refractivity contribution < 1.29 is 4.52 Å². The lowest BCUT2D eigenvalue weighted by molar-refractivity contribution is 0.370. The molecule has 1 heterocycles. The molecule has 0 atom stereocenters. The van der Waals surface area contributed by atoms with Gasteiger partial charge in [0.1, 0.15) is 0 Å². The molecule has 0 bridgehead atoms. The average molecular weight is 315 g/mol. The van der Waals surface area contributed by atoms with Gasteiger partial charge in [-0.3, -0.25) is 4.99 Å². The molecule has 0 fully saturated rings. The molecule has 124 valence electrons. The molecule has 23 heavy (non-hydrogen) atoms. The molecule has 0 spiro atoms. The molecule has 0 unspecified atom stereocenters. The first kappa shape index (κ1) is 17.0. The van der Waals surface area contributed by atoms with Crippen molar-refractivity contribution >= 4 is 5.96 Å². The lowest BCUT2D eigenvalue weighted by Crippen LogP contribution is -2.39. The zero-order valence-electron chi connectivity index (χ0n) is 14.3. The molecule has 0 aliphatic heterocycles. The van der Waals surface area contributed by atoms with Crippen LogP contribution in [0.25, 0.3) is 0 Å². The summed E-state index contributed by atoms with van der Waals surface area (Å²) in [5, 5.41) is 7.29. The first-order valence-corrected chi connectivity index (χ1v) is 7.88. The van der Waals surface area contributed by atoms with Crippen LogP contribution in [0.3, 0.4) is 0 Å². The molecule has 2 rings (SSSR count). The van der Waals surface area contributed by atoms with Gasteiger partial charge < -0.3 is 14.7 Å². The van der Waals surface area contributed by atoms with Gasteiger partial charge in [0.15, 0.2) is 11.8 Å². The molecular weight excluding hydrogens is 290 g/mol. The Morgan fingerprint density at radius 3 is 2.65 bits per heavy atom. The van der Waals surface area contributed by atoms with E-state index in [0.717, 1.165) is 18.3 Å². The SMILES string of the molecule is CN=C(NCCc1nc(C(C)C)no1)N(C)Cc1ccccc1. The summed E-state index contributed by atoms with van der Waals surface area (Å²) in [5.41, 5.74) is 1.25. The van der Waals surface area contributed by atoms with Gasteiger partial charge in [0.2, 0.25) is 5.89 Å². The largest absolute Gasteiger partial charge is 0.356 e. The highest BCUT2D eigenvalue weighted by Gasteiger charge is 2.10. The van der Waals surface area contributed by atoms with Crippen LogP contribution in [0.4, 0.5) is 0 Å². The van der Waals surface area contributed by atoms with E-state index in [9.17, 15) is 0 Å². The molecule has 2 aromatic rings. The van der Waals surface area contributed by atoms with Crippen molar-refractivity contribution in [1.82, 2.24) is 20.4 Å². The summed E-state index contributed by atoms with van der Waals surface area (Å²) in [5.74, 6) is 2.54. The van der Waals surface area contributed by atoms with Gasteiger partial charge in [-0.05, 0) is 5.56 Å². The number of guanidine groups is 1. The van der Waals surface area contributed by atoms with Crippen LogP contribution >= 0.6 is 0 Å². The minimum Gasteiger partial charge on any atom is -0.356 e. The van der Waals surface area contributed by atoms with E-state index in [1.807, 2.05) is 39.1 Å². The minimum absolute atomic E-state index is 0.283. The third-order valence-electron chi connectivity index (χ3n) is 3.46. The predicted molar refractivity (Wildman–Crippen MR) is 91.4 cm³/mol. The fourth-order valence-corrected chi connectivity index (χ4v) is 2.20. The lowest BCUT2D eigenvalue weighted by atomic mass is 10.2. The Bertz CT molecular complexity index is 621. The first-order chi connectivity index (χ1) is 11.1. The molecule has 0 radical (unpaired) electrons. The summed E-state index contributed by atoms with van der Waals surface area (Å²) >= 11 is 0. The highest BCUT2D eigenvalue weighted by molar-refractivity contribution is 5.79. The second kappa shape index (κ2) is 8.31. The molecule has 0 saturated heterocycles. The Morgan fingerprint density at radius 2 is 2.04 bits per heavy atom. The van der Waals surface area contributed by atoms with Crippen LogP contribution in [0.1, 0.15) is 37.0 Å². The normalized spacial score (nSPS) is 11.8. The Kier molecular flexibility index (Phi) is 6.14. The first-order valence-electron chi connectivity index (χ1n) is 7.88. The molecule has 0 saturated carbocycles. The third-order valence-corrected chi connectivity index (χ3v) is 3.46. The second-order valence-corrected chi connectivity index (χ2v) is 5.77. The maximum Gasteiger partial charge on any atom is 0.228 e. The van der Waals surface area contributed by atoms with Gasteiger partial charge in [-0.2, -0.15) is 4.98 Å². The van der Waals surface area contributed by atoms with Crippen LogP contribution in [0.2, 0.25) is 0 Å². The van der Waals surface area contributed by atoms with Gasteiger partial charge in [0.05, 0.1) is 0 Å². The van der Waals surface area contributed by atoms with E-state index in [2.05, 4.69) is 37.5 Å². The van der Waals surface area contributed by atoms with Crippen molar-refractivity contribution in [2.45, 2.75) is 32.7 Å². The van der Waals surface area contributed by atoms with Gasteiger partial charge in [0.25, 0.3) is 0 Å². The van der Waals surface area contributed by atoms with Gasteiger partial charge in [-0.15, -0.1) is 0 Å². The molecule has 6 nitrogen and oxygen atoms in total. The van der Waals surface area contributed by atoms with Crippen molar-refractivity contribution in [3.63, 3.8) is 0 Å². The van der Waals surface area contributed by atoms with Crippen molar-refractivity contribution in [2.24, 2.45) is 4.99 Å². The van der Waals surface area contributed by atoms with Crippen molar-refractivity contribution in [1.29, 1.82) is 0 Å². The fraction of sp³-hybridized carbons (Fsp3) is 0.471. The number of hydrogen-bond donors (Lipinski definition) is 1. The Labute approximate surface area is 137 Å². The molecule has 0 amide bonds. The van der Waals surface area contributed by atoms with E-state index in [1.54, 1.807) is 7.05 Å². The lowest BCUT2D eigenvalue weighted by Gasteiger charge is -2.21. The van der Waals surface area contributed by atoms with Gasteiger partial charge >= 0.3 is 0 Å². The topological polar surface area (TPSA) is 66.5 Å². The molecule has 6 heteroatoms. The fourth-order valence-electron chi connectivity index (χ4n) is 2.20. The van der Waals surface area contributed by atoms with Crippen LogP contribution in [0, 0.1) is 0 Å². The summed E-state index contributed by atoms with van der Waals surface area (Å²) in [6.07, 6.45) is 0.678. The number of nitrogens with zero attached hydrogens (tertiary/aromatic N) is 4. The van der Waals surface area contributed by atoms with Crippen LogP contribution < -0.4 is 5.32 Å². The van der Waals surface area contributed by atoms with Crippen molar-refractivity contribution in [3.05, 3.63) is 47.6 Å². The summed E-state index contributed by atoms with van der Waals surface area (Å²) in [7, 11) is 3.80. The summed E-state index contributed by atoms with van der Waals surface area (Å²) < 4.78 is 5.24. The highest BCUT2D eigenvalue weighted by Crippen LogP contribution is 2.09. The number of benzene rings is 1. The molecule has 0 aliphatic rings. The Morgan fingerprint density at radius 1 is 1.30 bits per heavy atom. The van der Waals surface area contributed by atoms with Crippen LogP contribution in [-0.2, 0) is 13.0 Å². The van der Waals surface area contributed by atoms with E-state index in [-0.39, 0.29) is 5.92 Å². The van der Waals surface area contributed by atoms with E-state index >= 15 is 0 Å². The zero-order chi connectivity index (χ0) is 16.7. The maximum absolute atomic E-state index is 5.24. The average Bonchev–Trinajstić information content (AvgIpc) is 3.01. The Hall–Kier alpha value is -2.37. The zero-order valence-corrected chi connectivity index (χ0v) is 14.3. The van der Waals surface area contributed by atoms with E-state index in [0.29, 0.717) is 18.9 Å². The van der Waals surface area contributed by atoms with Crippen molar-refractivity contribution in [3.8, 4) is 0 Å². The number of hydrogen-bond acceptors (Lipinski definition) is 4. The molecule has 0 aliphatic carbocycles. The quantitative estimate of drug-likeness (QED) is 0.655. The van der Waals surface area contributed by atoms with Crippen molar-refractivity contribution in [2.75, 3.05) is 20.6 Å². The summed E-state index contributed by atoms with van der Waals surface area (Å²) in [6.45, 7) is 5.60. The van der Waals surface area contributed by atoms with Crippen LogP contribution in [0.15, 0.2) is 39.8 Å². The number of aromatic nitrogens is 2. The Balaban J connectivity index is 1.82. The maximum atomic E-state index is 5.24. The predicted octanol–water partition coefficient (Wildman–Crippen LogP) is 2.44. The smallest absolute Gasteiger partial charge is 0.228 e. The van der Waals surface area contributed by atoms with Crippen LogP contribution in [0.5, 0.6) is 0 Å². The number of nitrogens with one attached hydrogen (secondary N) is 1. The standard InChI is InChI=1S/C17H25N5O/c1-13(2)16-20-15(23-21-16)10-11-19-17(18-3)22(4)12-14-8-6-5-7-9-14/h5-9,13H,10-12H2,1-4H3,(H,18,19). The van der Waals surface area contributed by atoms with Gasteiger partial charge in [-0.25, -0.2) is 0 Å². The summed E-state index contributed by atoms with van der Waals surface area (Å²) in [6, 6.07) is 10.3. The van der Waals surface area contributed by atoms with Gasteiger partial charge in [0, 0.05) is 39.5 Å². The van der Waals surface area contributed by atoms with E-state index < -0.39 is 0 Å². The monoisotopic (exact) mass is 315 g/mol. The van der Waals surface area contributed by atoms with E-state index in [4.69, 9.17) is 4.52 Å². The minimum atomic E-state index is 0.283. The number of aliphatic imine (C=N–C) groups is 1. The molecular formula is C17H25N5O. The van der Waals surface area contributed by atoms with Crippen LogP contribution in [-0.4, -0.2) is 41.6 Å². The molecule has 1 N–H and O–H groups in total. The molecule has 1 aromatic carbocycles. The summed E-state index contributed by atoms with van der Waals surface area (Å²) in [4.78, 5) is 10.8. The second-order valence-electron chi connectivity index (χ2n) is 5.77. The third kappa shape index (κ3) is 5.09. The number of rotatable bonds is 6. The van der Waals surface area contributed by atoms with Gasteiger partial charge in [-0.1, -0.05) is 49.3 Å². The highest BCUT2D eigenvalue weighted by atomic mass is 16.5. The molecule has 1 aromatic heterocycles. The van der Waals surface area contributed by atoms with E-state index in [1.165, 1.54) is 5.56 Å².